The Kier molecular flexibility index (Phi) is 5.51. The quantitative estimate of drug-likeness (QED) is 0.849. The summed E-state index contributed by atoms with van der Waals surface area (Å²) in [7, 11) is 1.81. The first kappa shape index (κ1) is 18.7. The highest BCUT2D eigenvalue weighted by molar-refractivity contribution is 5.93. The molecule has 1 aromatic rings. The van der Waals surface area contributed by atoms with Gasteiger partial charge >= 0.3 is 0 Å². The first-order valence-electron chi connectivity index (χ1n) is 9.44. The van der Waals surface area contributed by atoms with Crippen molar-refractivity contribution in [2.75, 3.05) is 26.7 Å². The first-order chi connectivity index (χ1) is 12.4. The number of carbonyl (C=O) groups excluding carboxylic acids is 1. The lowest BCUT2D eigenvalue weighted by molar-refractivity contribution is 0.0743. The normalized spacial score (nSPS) is 17.2. The van der Waals surface area contributed by atoms with Gasteiger partial charge in [-0.05, 0) is 42.9 Å². The number of hydrogen-bond acceptors (Lipinski definition) is 4. The van der Waals surface area contributed by atoms with E-state index >= 15 is 0 Å². The van der Waals surface area contributed by atoms with Gasteiger partial charge in [-0.1, -0.05) is 26.8 Å². The molecule has 0 atom stereocenters. The molecule has 0 saturated carbocycles. The molecule has 142 valence electrons. The number of fused-ring (bicyclic) bond motifs is 1. The van der Waals surface area contributed by atoms with Crippen LogP contribution in [-0.4, -0.2) is 47.7 Å². The van der Waals surface area contributed by atoms with Crippen LogP contribution in [0.1, 0.15) is 55.4 Å². The second-order valence-electron chi connectivity index (χ2n) is 8.04. The van der Waals surface area contributed by atoms with Crippen molar-refractivity contribution in [2.24, 2.45) is 5.41 Å². The fraction of sp³-hybridized carbons (Fsp3) is 0.600. The topological polar surface area (TPSA) is 70.2 Å². The summed E-state index contributed by atoms with van der Waals surface area (Å²) in [6, 6.07) is 0. The lowest BCUT2D eigenvalue weighted by Gasteiger charge is -2.28. The Hall–Kier alpha value is -2.08. The minimum Gasteiger partial charge on any atom is -0.492 e. The van der Waals surface area contributed by atoms with Crippen LogP contribution in [0.3, 0.4) is 0 Å². The molecule has 2 N–H and O–H groups in total. The van der Waals surface area contributed by atoms with Crippen LogP contribution in [0, 0.1) is 5.41 Å². The van der Waals surface area contributed by atoms with Gasteiger partial charge in [0.25, 0.3) is 5.91 Å². The van der Waals surface area contributed by atoms with Crippen LogP contribution in [0.4, 0.5) is 0 Å². The molecular weight excluding hydrogens is 328 g/mol. The van der Waals surface area contributed by atoms with Gasteiger partial charge in [0.15, 0.2) is 5.69 Å². The SMILES string of the molecule is CN(CCOC1=CCCC=C1C(C)(C)C)C(=O)c1n[nH]c2c1CCNC2. The van der Waals surface area contributed by atoms with Gasteiger partial charge in [-0.25, -0.2) is 0 Å². The molecule has 1 aliphatic heterocycles. The van der Waals surface area contributed by atoms with Gasteiger partial charge < -0.3 is 15.0 Å². The van der Waals surface area contributed by atoms with Gasteiger partial charge in [0, 0.05) is 19.2 Å². The molecular formula is C20H30N4O2. The molecule has 0 unspecified atom stereocenters. The maximum Gasteiger partial charge on any atom is 0.274 e. The van der Waals surface area contributed by atoms with Crippen LogP contribution in [0.5, 0.6) is 0 Å². The lowest BCUT2D eigenvalue weighted by atomic mass is 9.82. The van der Waals surface area contributed by atoms with Crippen molar-refractivity contribution >= 4 is 5.91 Å². The van der Waals surface area contributed by atoms with Gasteiger partial charge in [0.2, 0.25) is 0 Å². The molecule has 0 radical (unpaired) electrons. The Morgan fingerprint density at radius 2 is 2.08 bits per heavy atom. The third-order valence-electron chi connectivity index (χ3n) is 4.96. The highest BCUT2D eigenvalue weighted by atomic mass is 16.5. The summed E-state index contributed by atoms with van der Waals surface area (Å²) in [5.41, 5.74) is 3.95. The second-order valence-corrected chi connectivity index (χ2v) is 8.04. The number of carbonyl (C=O) groups is 1. The van der Waals surface area contributed by atoms with Crippen LogP contribution < -0.4 is 5.32 Å². The van der Waals surface area contributed by atoms with E-state index in [1.54, 1.807) is 4.90 Å². The monoisotopic (exact) mass is 358 g/mol. The fourth-order valence-electron chi connectivity index (χ4n) is 3.46. The molecule has 2 heterocycles. The van der Waals surface area contributed by atoms with E-state index in [0.29, 0.717) is 18.8 Å². The zero-order valence-electron chi connectivity index (χ0n) is 16.3. The highest BCUT2D eigenvalue weighted by Gasteiger charge is 2.25. The third-order valence-corrected chi connectivity index (χ3v) is 4.96. The molecule has 0 fully saturated rings. The lowest BCUT2D eigenvalue weighted by Crippen LogP contribution is -2.32. The fourth-order valence-corrected chi connectivity index (χ4v) is 3.46. The second kappa shape index (κ2) is 7.66. The van der Waals surface area contributed by atoms with E-state index in [9.17, 15) is 4.79 Å². The minimum absolute atomic E-state index is 0.0442. The van der Waals surface area contributed by atoms with Crippen LogP contribution >= 0.6 is 0 Å². The zero-order chi connectivity index (χ0) is 18.7. The Balaban J connectivity index is 1.57. The van der Waals surface area contributed by atoms with Crippen LogP contribution in [0.2, 0.25) is 0 Å². The van der Waals surface area contributed by atoms with E-state index in [4.69, 9.17) is 4.74 Å². The van der Waals surface area contributed by atoms with Crippen molar-refractivity contribution in [3.8, 4) is 0 Å². The van der Waals surface area contributed by atoms with Gasteiger partial charge in [-0.2, -0.15) is 5.10 Å². The molecule has 26 heavy (non-hydrogen) atoms. The Bertz CT molecular complexity index is 725. The molecule has 3 rings (SSSR count). The smallest absolute Gasteiger partial charge is 0.274 e. The molecule has 1 aliphatic carbocycles. The number of nitrogens with one attached hydrogen (secondary N) is 2. The summed E-state index contributed by atoms with van der Waals surface area (Å²) in [6.07, 6.45) is 7.35. The molecule has 0 bridgehead atoms. The van der Waals surface area contributed by atoms with Crippen molar-refractivity contribution in [3.63, 3.8) is 0 Å². The largest absolute Gasteiger partial charge is 0.492 e. The van der Waals surface area contributed by atoms with Crippen molar-refractivity contribution in [1.29, 1.82) is 0 Å². The number of aromatic nitrogens is 2. The number of aromatic amines is 1. The van der Waals surface area contributed by atoms with Gasteiger partial charge in [-0.3, -0.25) is 9.89 Å². The molecule has 0 spiro atoms. The number of rotatable bonds is 5. The molecule has 6 nitrogen and oxygen atoms in total. The van der Waals surface area contributed by atoms with E-state index in [1.807, 2.05) is 7.05 Å². The Labute approximate surface area is 155 Å². The molecule has 0 aromatic carbocycles. The molecule has 6 heteroatoms. The van der Waals surface area contributed by atoms with E-state index in [-0.39, 0.29) is 11.3 Å². The van der Waals surface area contributed by atoms with Gasteiger partial charge in [-0.15, -0.1) is 0 Å². The summed E-state index contributed by atoms with van der Waals surface area (Å²) in [5.74, 6) is 0.921. The molecule has 2 aliphatic rings. The standard InChI is InChI=1S/C20H30N4O2/c1-20(2,3)15-7-5-6-8-17(15)26-12-11-24(4)19(25)18-14-9-10-21-13-16(14)22-23-18/h7-8,21H,5-6,9-13H2,1-4H3,(H,22,23). The van der Waals surface area contributed by atoms with E-state index in [0.717, 1.165) is 49.4 Å². The highest BCUT2D eigenvalue weighted by Crippen LogP contribution is 2.34. The van der Waals surface area contributed by atoms with Crippen molar-refractivity contribution < 1.29 is 9.53 Å². The number of H-pyrrole nitrogens is 1. The zero-order valence-corrected chi connectivity index (χ0v) is 16.3. The van der Waals surface area contributed by atoms with Gasteiger partial charge in [0.1, 0.15) is 12.4 Å². The summed E-state index contributed by atoms with van der Waals surface area (Å²) in [4.78, 5) is 14.4. The Morgan fingerprint density at radius 1 is 1.31 bits per heavy atom. The van der Waals surface area contributed by atoms with E-state index in [1.165, 1.54) is 5.57 Å². The number of allylic oxidation sites excluding steroid dienone is 3. The number of nitrogens with zero attached hydrogens (tertiary/aromatic N) is 2. The minimum atomic E-state index is -0.0442. The van der Waals surface area contributed by atoms with Gasteiger partial charge in [0.05, 0.1) is 12.2 Å². The van der Waals surface area contributed by atoms with Crippen molar-refractivity contribution in [1.82, 2.24) is 20.4 Å². The molecule has 1 aromatic heterocycles. The number of amides is 1. The van der Waals surface area contributed by atoms with Crippen molar-refractivity contribution in [2.45, 2.75) is 46.6 Å². The maximum atomic E-state index is 12.7. The summed E-state index contributed by atoms with van der Waals surface area (Å²) in [6.45, 7) is 9.25. The van der Waals surface area contributed by atoms with Crippen LogP contribution in [0.15, 0.2) is 23.5 Å². The number of ether oxygens (including phenoxy) is 1. The van der Waals surface area contributed by atoms with E-state index < -0.39 is 0 Å². The third kappa shape index (κ3) is 4.01. The summed E-state index contributed by atoms with van der Waals surface area (Å²) < 4.78 is 6.03. The molecule has 1 amide bonds. The Morgan fingerprint density at radius 3 is 2.85 bits per heavy atom. The van der Waals surface area contributed by atoms with Crippen LogP contribution in [0.25, 0.3) is 0 Å². The van der Waals surface area contributed by atoms with Crippen LogP contribution in [-0.2, 0) is 17.7 Å². The first-order valence-corrected chi connectivity index (χ1v) is 9.44. The number of hydrogen-bond donors (Lipinski definition) is 2. The predicted octanol–water partition coefficient (Wildman–Crippen LogP) is 2.79. The summed E-state index contributed by atoms with van der Waals surface area (Å²) in [5, 5.41) is 10.5. The van der Waals surface area contributed by atoms with E-state index in [2.05, 4.69) is 48.4 Å². The average Bonchev–Trinajstić information content (AvgIpc) is 3.04. The number of likely N-dealkylation sites (N-methyl/N-ethyl adjacent to an activating group) is 1. The van der Waals surface area contributed by atoms with Crippen molar-refractivity contribution in [3.05, 3.63) is 40.4 Å². The predicted molar refractivity (Wildman–Crippen MR) is 102 cm³/mol. The average molecular weight is 358 g/mol. The summed E-state index contributed by atoms with van der Waals surface area (Å²) >= 11 is 0. The molecule has 0 saturated heterocycles. The maximum absolute atomic E-state index is 12.7.